The molecule has 2 rings (SSSR count). The van der Waals surface area contributed by atoms with Gasteiger partial charge in [0.25, 0.3) is 0 Å². The molecule has 0 radical (unpaired) electrons. The summed E-state index contributed by atoms with van der Waals surface area (Å²) in [5.41, 5.74) is 0.766. The van der Waals surface area contributed by atoms with Gasteiger partial charge in [0.15, 0.2) is 0 Å². The third-order valence-corrected chi connectivity index (χ3v) is 8.02. The lowest BCUT2D eigenvalue weighted by atomic mass is 9.65. The number of ether oxygens (including phenoxy) is 1. The Morgan fingerprint density at radius 2 is 2.20 bits per heavy atom. The van der Waals surface area contributed by atoms with Crippen LogP contribution in [0.4, 0.5) is 0 Å². The zero-order valence-electron chi connectivity index (χ0n) is 12.1. The smallest absolute Gasteiger partial charge is 0.250 e. The van der Waals surface area contributed by atoms with Gasteiger partial charge in [0.05, 0.1) is 9.89 Å². The Morgan fingerprint density at radius 3 is 2.65 bits per heavy atom. The van der Waals surface area contributed by atoms with E-state index in [1.54, 1.807) is 6.07 Å². The number of hydrogen-bond donors (Lipinski definition) is 1. The van der Waals surface area contributed by atoms with E-state index in [-0.39, 0.29) is 17.6 Å². The standard InChI is InChI=1S/C13H20BrNO3S2/c1-5-18-10-7-9(13(10,3)4)15-20(16,17)11-6-8(2)12(14)19-11/h6,9-10,15H,5,7H2,1-4H3. The van der Waals surface area contributed by atoms with Gasteiger partial charge in [-0.05, 0) is 47.8 Å². The molecule has 0 spiro atoms. The molecule has 1 heterocycles. The molecule has 0 aliphatic heterocycles. The predicted octanol–water partition coefficient (Wildman–Crippen LogP) is 3.30. The normalized spacial score (nSPS) is 25.4. The molecular formula is C13H20BrNO3S2. The molecule has 1 aliphatic rings. The molecule has 0 saturated heterocycles. The lowest BCUT2D eigenvalue weighted by Crippen LogP contribution is -2.61. The van der Waals surface area contributed by atoms with Crippen molar-refractivity contribution < 1.29 is 13.2 Å². The first kappa shape index (κ1) is 16.4. The highest BCUT2D eigenvalue weighted by Gasteiger charge is 2.50. The number of aryl methyl sites for hydroxylation is 1. The maximum absolute atomic E-state index is 12.4. The van der Waals surface area contributed by atoms with Crippen LogP contribution in [-0.2, 0) is 14.8 Å². The molecule has 1 N–H and O–H groups in total. The molecule has 1 aliphatic carbocycles. The van der Waals surface area contributed by atoms with E-state index in [2.05, 4.69) is 20.7 Å². The van der Waals surface area contributed by atoms with Crippen molar-refractivity contribution in [3.63, 3.8) is 0 Å². The quantitative estimate of drug-likeness (QED) is 0.850. The molecule has 20 heavy (non-hydrogen) atoms. The van der Waals surface area contributed by atoms with E-state index in [0.717, 1.165) is 15.8 Å². The minimum Gasteiger partial charge on any atom is -0.378 e. The van der Waals surface area contributed by atoms with Gasteiger partial charge in [0, 0.05) is 18.1 Å². The lowest BCUT2D eigenvalue weighted by Gasteiger charge is -2.51. The molecule has 1 aromatic heterocycles. The van der Waals surface area contributed by atoms with E-state index in [0.29, 0.717) is 10.8 Å². The Kier molecular flexibility index (Phi) is 4.67. The largest absolute Gasteiger partial charge is 0.378 e. The number of hydrogen-bond acceptors (Lipinski definition) is 4. The Labute approximate surface area is 133 Å². The van der Waals surface area contributed by atoms with Crippen LogP contribution in [0.5, 0.6) is 0 Å². The monoisotopic (exact) mass is 381 g/mol. The Hall–Kier alpha value is 0.0500. The van der Waals surface area contributed by atoms with Gasteiger partial charge in [-0.1, -0.05) is 13.8 Å². The molecule has 4 nitrogen and oxygen atoms in total. The average molecular weight is 382 g/mol. The zero-order chi connectivity index (χ0) is 15.1. The molecule has 0 bridgehead atoms. The summed E-state index contributed by atoms with van der Waals surface area (Å²) < 4.78 is 34.4. The zero-order valence-corrected chi connectivity index (χ0v) is 15.3. The van der Waals surface area contributed by atoms with Crippen molar-refractivity contribution in [2.24, 2.45) is 5.41 Å². The van der Waals surface area contributed by atoms with Crippen LogP contribution < -0.4 is 4.72 Å². The summed E-state index contributed by atoms with van der Waals surface area (Å²) in [4.78, 5) is 0. The molecule has 2 unspecified atom stereocenters. The molecule has 7 heteroatoms. The number of sulfonamides is 1. The van der Waals surface area contributed by atoms with Gasteiger partial charge in [0.1, 0.15) is 4.21 Å². The average Bonchev–Trinajstić information content (AvgIpc) is 2.69. The molecule has 0 aromatic carbocycles. The maximum atomic E-state index is 12.4. The molecule has 2 atom stereocenters. The first-order valence-electron chi connectivity index (χ1n) is 6.58. The predicted molar refractivity (Wildman–Crippen MR) is 84.7 cm³/mol. The third-order valence-electron chi connectivity index (χ3n) is 3.94. The van der Waals surface area contributed by atoms with Crippen molar-refractivity contribution in [2.45, 2.75) is 50.5 Å². The summed E-state index contributed by atoms with van der Waals surface area (Å²) in [5, 5.41) is 0. The third kappa shape index (κ3) is 2.97. The summed E-state index contributed by atoms with van der Waals surface area (Å²) in [6, 6.07) is 1.62. The fourth-order valence-electron chi connectivity index (χ4n) is 2.38. The van der Waals surface area contributed by atoms with Crippen LogP contribution in [0.15, 0.2) is 14.1 Å². The van der Waals surface area contributed by atoms with Crippen LogP contribution >= 0.6 is 27.3 Å². The van der Waals surface area contributed by atoms with Crippen molar-refractivity contribution in [3.8, 4) is 0 Å². The first-order valence-corrected chi connectivity index (χ1v) is 9.67. The molecule has 1 aromatic rings. The van der Waals surface area contributed by atoms with Crippen molar-refractivity contribution in [1.82, 2.24) is 4.72 Å². The Morgan fingerprint density at radius 1 is 1.55 bits per heavy atom. The highest BCUT2D eigenvalue weighted by molar-refractivity contribution is 9.11. The van der Waals surface area contributed by atoms with Crippen LogP contribution in [0.25, 0.3) is 0 Å². The van der Waals surface area contributed by atoms with Crippen molar-refractivity contribution in [1.29, 1.82) is 0 Å². The van der Waals surface area contributed by atoms with Gasteiger partial charge >= 0.3 is 0 Å². The molecule has 0 amide bonds. The maximum Gasteiger partial charge on any atom is 0.250 e. The van der Waals surface area contributed by atoms with Crippen molar-refractivity contribution >= 4 is 37.3 Å². The summed E-state index contributed by atoms with van der Waals surface area (Å²) in [7, 11) is -3.45. The highest BCUT2D eigenvalue weighted by atomic mass is 79.9. The second-order valence-electron chi connectivity index (χ2n) is 5.70. The fourth-order valence-corrected chi connectivity index (χ4v) is 6.03. The summed E-state index contributed by atoms with van der Waals surface area (Å²) in [5.74, 6) is 0. The topological polar surface area (TPSA) is 55.4 Å². The Bertz CT molecular complexity index is 575. The number of nitrogens with one attached hydrogen (secondary N) is 1. The van der Waals surface area contributed by atoms with E-state index in [9.17, 15) is 8.42 Å². The fraction of sp³-hybridized carbons (Fsp3) is 0.692. The van der Waals surface area contributed by atoms with Gasteiger partial charge in [-0.3, -0.25) is 0 Å². The van der Waals surface area contributed by atoms with Crippen LogP contribution in [0.2, 0.25) is 0 Å². The first-order chi connectivity index (χ1) is 9.18. The number of halogens is 1. The SMILES string of the molecule is CCOC1CC(NS(=O)(=O)c2cc(C)c(Br)s2)C1(C)C. The van der Waals surface area contributed by atoms with E-state index in [4.69, 9.17) is 4.74 Å². The van der Waals surface area contributed by atoms with Crippen LogP contribution in [0, 0.1) is 12.3 Å². The molecule has 114 valence electrons. The molecule has 1 saturated carbocycles. The van der Waals surface area contributed by atoms with Gasteiger partial charge in [-0.2, -0.15) is 0 Å². The minimum absolute atomic E-state index is 0.0785. The second-order valence-corrected chi connectivity index (χ2v) is 10.0. The van der Waals surface area contributed by atoms with Gasteiger partial charge in [0.2, 0.25) is 10.0 Å². The number of rotatable bonds is 5. The second kappa shape index (κ2) is 5.68. The van der Waals surface area contributed by atoms with Gasteiger partial charge in [-0.15, -0.1) is 11.3 Å². The van der Waals surface area contributed by atoms with Crippen LogP contribution in [0.3, 0.4) is 0 Å². The van der Waals surface area contributed by atoms with Crippen LogP contribution in [0.1, 0.15) is 32.8 Å². The van der Waals surface area contributed by atoms with E-state index in [1.807, 2.05) is 27.7 Å². The van der Waals surface area contributed by atoms with Crippen LogP contribution in [-0.4, -0.2) is 27.2 Å². The summed E-state index contributed by atoms with van der Waals surface area (Å²) >= 11 is 4.61. The van der Waals surface area contributed by atoms with Crippen molar-refractivity contribution in [2.75, 3.05) is 6.61 Å². The highest BCUT2D eigenvalue weighted by Crippen LogP contribution is 2.43. The van der Waals surface area contributed by atoms with Gasteiger partial charge < -0.3 is 4.74 Å². The van der Waals surface area contributed by atoms with Crippen molar-refractivity contribution in [3.05, 3.63) is 15.4 Å². The number of thiophene rings is 1. The lowest BCUT2D eigenvalue weighted by molar-refractivity contribution is -0.108. The van der Waals surface area contributed by atoms with Gasteiger partial charge in [-0.25, -0.2) is 13.1 Å². The van der Waals surface area contributed by atoms with E-state index in [1.165, 1.54) is 11.3 Å². The van der Waals surface area contributed by atoms with E-state index < -0.39 is 10.0 Å². The summed E-state index contributed by atoms with van der Waals surface area (Å²) in [6.45, 7) is 8.58. The summed E-state index contributed by atoms with van der Waals surface area (Å²) in [6.07, 6.45) is 0.850. The minimum atomic E-state index is -3.45. The molecule has 1 fully saturated rings. The Balaban J connectivity index is 2.11. The molecular weight excluding hydrogens is 362 g/mol. The van der Waals surface area contributed by atoms with E-state index >= 15 is 0 Å².